The number of nitrogens with one attached hydrogen (secondary N) is 1. The van der Waals surface area contributed by atoms with Crippen molar-refractivity contribution in [2.24, 2.45) is 0 Å². The molecule has 0 bridgehead atoms. The van der Waals surface area contributed by atoms with Gasteiger partial charge in [0.25, 0.3) is 0 Å². The van der Waals surface area contributed by atoms with Gasteiger partial charge < -0.3 is 25.7 Å². The van der Waals surface area contributed by atoms with Crippen molar-refractivity contribution in [2.45, 2.75) is 12.8 Å². The predicted molar refractivity (Wildman–Crippen MR) is 76.6 cm³/mol. The number of aliphatic hydroxyl groups is 2. The van der Waals surface area contributed by atoms with Gasteiger partial charge in [-0.25, -0.2) is 9.59 Å². The molecule has 0 aliphatic heterocycles. The van der Waals surface area contributed by atoms with Gasteiger partial charge in [0.05, 0.1) is 11.1 Å². The predicted octanol–water partition coefficient (Wildman–Crippen LogP) is 0.424. The summed E-state index contributed by atoms with van der Waals surface area (Å²) in [5.41, 5.74) is 0.167. The zero-order valence-electron chi connectivity index (χ0n) is 11.7. The average molecular weight is 299 g/mol. The van der Waals surface area contributed by atoms with Crippen molar-refractivity contribution in [3.05, 3.63) is 35.4 Å². The molecule has 118 valence electrons. The van der Waals surface area contributed by atoms with Crippen LogP contribution in [0.25, 0.3) is 0 Å². The monoisotopic (exact) mass is 299 g/mol. The second kappa shape index (κ2) is 11.8. The first-order valence-electron chi connectivity index (χ1n) is 6.52. The molecule has 0 amide bonds. The Bertz CT molecular complexity index is 379. The molecule has 0 aliphatic rings. The molecule has 0 atom stereocenters. The summed E-state index contributed by atoms with van der Waals surface area (Å²) in [7, 11) is 0. The van der Waals surface area contributed by atoms with E-state index in [1.54, 1.807) is 0 Å². The number of rotatable bonds is 8. The Labute approximate surface area is 122 Å². The largest absolute Gasteiger partial charge is 0.478 e. The van der Waals surface area contributed by atoms with Crippen LogP contribution in [-0.2, 0) is 0 Å². The van der Waals surface area contributed by atoms with E-state index in [0.29, 0.717) is 0 Å². The van der Waals surface area contributed by atoms with Gasteiger partial charge in [-0.2, -0.15) is 0 Å². The highest BCUT2D eigenvalue weighted by Gasteiger charge is 2.04. The summed E-state index contributed by atoms with van der Waals surface area (Å²) in [6, 6.07) is 5.02. The maximum Gasteiger partial charge on any atom is 0.335 e. The molecule has 0 saturated carbocycles. The minimum atomic E-state index is -1.06. The second-order valence-electron chi connectivity index (χ2n) is 4.09. The molecular formula is C14H21NO6. The molecule has 0 saturated heterocycles. The Morgan fingerprint density at radius 2 is 1.14 bits per heavy atom. The lowest BCUT2D eigenvalue weighted by Crippen LogP contribution is -2.18. The van der Waals surface area contributed by atoms with E-state index in [2.05, 4.69) is 5.32 Å². The molecule has 0 aliphatic carbocycles. The third kappa shape index (κ3) is 9.55. The SMILES string of the molecule is O=C(O)c1ccc(C(=O)O)cc1.OCCCNCCCO. The minimum Gasteiger partial charge on any atom is -0.478 e. The van der Waals surface area contributed by atoms with Crippen molar-refractivity contribution in [1.82, 2.24) is 5.32 Å². The Morgan fingerprint density at radius 3 is 1.38 bits per heavy atom. The fraction of sp³-hybridized carbons (Fsp3) is 0.429. The van der Waals surface area contributed by atoms with Gasteiger partial charge in [-0.15, -0.1) is 0 Å². The Morgan fingerprint density at radius 1 is 0.810 bits per heavy atom. The van der Waals surface area contributed by atoms with Gasteiger partial charge in [0.15, 0.2) is 0 Å². The van der Waals surface area contributed by atoms with E-state index in [1.807, 2.05) is 0 Å². The van der Waals surface area contributed by atoms with Crippen LogP contribution in [0.15, 0.2) is 24.3 Å². The highest BCUT2D eigenvalue weighted by Crippen LogP contribution is 2.03. The first-order valence-corrected chi connectivity index (χ1v) is 6.52. The number of aliphatic hydroxyl groups excluding tert-OH is 2. The highest BCUT2D eigenvalue weighted by atomic mass is 16.4. The minimum absolute atomic E-state index is 0.0833. The summed E-state index contributed by atoms with van der Waals surface area (Å²) in [5, 5.41) is 36.7. The summed E-state index contributed by atoms with van der Waals surface area (Å²) in [5.74, 6) is -2.13. The van der Waals surface area contributed by atoms with Crippen LogP contribution in [0.1, 0.15) is 33.6 Å². The fourth-order valence-corrected chi connectivity index (χ4v) is 1.29. The first-order chi connectivity index (χ1) is 10.0. The first kappa shape index (κ1) is 19.0. The van der Waals surface area contributed by atoms with E-state index in [1.165, 1.54) is 24.3 Å². The van der Waals surface area contributed by atoms with Gasteiger partial charge in [0.2, 0.25) is 0 Å². The van der Waals surface area contributed by atoms with Gasteiger partial charge in [0, 0.05) is 13.2 Å². The number of hydrogen-bond acceptors (Lipinski definition) is 5. The lowest BCUT2D eigenvalue weighted by atomic mass is 10.1. The second-order valence-corrected chi connectivity index (χ2v) is 4.09. The van der Waals surface area contributed by atoms with Crippen LogP contribution in [-0.4, -0.2) is 58.7 Å². The summed E-state index contributed by atoms with van der Waals surface area (Å²) < 4.78 is 0. The Hall–Kier alpha value is -1.96. The van der Waals surface area contributed by atoms with Crippen molar-refractivity contribution in [3.63, 3.8) is 0 Å². The van der Waals surface area contributed by atoms with Crippen LogP contribution in [0.5, 0.6) is 0 Å². The zero-order valence-corrected chi connectivity index (χ0v) is 11.7. The lowest BCUT2D eigenvalue weighted by Gasteiger charge is -1.99. The molecule has 7 heteroatoms. The van der Waals surface area contributed by atoms with Crippen LogP contribution >= 0.6 is 0 Å². The molecule has 0 spiro atoms. The summed E-state index contributed by atoms with van der Waals surface area (Å²) in [4.78, 5) is 20.7. The van der Waals surface area contributed by atoms with Crippen LogP contribution < -0.4 is 5.32 Å². The molecule has 7 nitrogen and oxygen atoms in total. The number of carboxylic acids is 2. The van der Waals surface area contributed by atoms with Gasteiger partial charge in [0.1, 0.15) is 0 Å². The van der Waals surface area contributed by atoms with Crippen molar-refractivity contribution in [2.75, 3.05) is 26.3 Å². The number of carboxylic acid groups (broad SMARTS) is 2. The van der Waals surface area contributed by atoms with Crippen LogP contribution in [0.3, 0.4) is 0 Å². The Balaban J connectivity index is 0.000000400. The van der Waals surface area contributed by atoms with Gasteiger partial charge in [-0.05, 0) is 50.2 Å². The summed E-state index contributed by atoms with van der Waals surface area (Å²) in [6.45, 7) is 2.17. The third-order valence-electron chi connectivity index (χ3n) is 2.40. The van der Waals surface area contributed by atoms with Gasteiger partial charge in [-0.1, -0.05) is 0 Å². The molecule has 1 rings (SSSR count). The van der Waals surface area contributed by atoms with Crippen LogP contribution in [0.4, 0.5) is 0 Å². The number of benzene rings is 1. The molecule has 0 heterocycles. The van der Waals surface area contributed by atoms with Crippen molar-refractivity contribution < 1.29 is 30.0 Å². The molecule has 0 fully saturated rings. The standard InChI is InChI=1S/C8H6O4.C6H15NO2/c9-7(10)5-1-2-6(4-3-5)8(11)12;8-5-1-3-7-4-2-6-9/h1-4H,(H,9,10)(H,11,12);7-9H,1-6H2. The molecule has 1 aromatic carbocycles. The van der Waals surface area contributed by atoms with E-state index < -0.39 is 11.9 Å². The highest BCUT2D eigenvalue weighted by molar-refractivity contribution is 5.91. The quantitative estimate of drug-likeness (QED) is 0.440. The molecule has 0 radical (unpaired) electrons. The zero-order chi connectivity index (χ0) is 16.1. The van der Waals surface area contributed by atoms with Gasteiger partial charge >= 0.3 is 11.9 Å². The van der Waals surface area contributed by atoms with E-state index in [0.717, 1.165) is 25.9 Å². The van der Waals surface area contributed by atoms with E-state index in [9.17, 15) is 9.59 Å². The third-order valence-corrected chi connectivity index (χ3v) is 2.40. The van der Waals surface area contributed by atoms with E-state index in [-0.39, 0.29) is 24.3 Å². The topological polar surface area (TPSA) is 127 Å². The molecule has 21 heavy (non-hydrogen) atoms. The molecule has 0 unspecified atom stereocenters. The molecule has 0 aromatic heterocycles. The maximum absolute atomic E-state index is 10.3. The molecular weight excluding hydrogens is 278 g/mol. The van der Waals surface area contributed by atoms with Crippen molar-refractivity contribution >= 4 is 11.9 Å². The average Bonchev–Trinajstić information content (AvgIpc) is 2.48. The summed E-state index contributed by atoms with van der Waals surface area (Å²) in [6.07, 6.45) is 1.59. The van der Waals surface area contributed by atoms with E-state index in [4.69, 9.17) is 20.4 Å². The normalized spacial score (nSPS) is 9.62. The maximum atomic E-state index is 10.3. The number of aromatic carboxylic acids is 2. The molecule has 5 N–H and O–H groups in total. The van der Waals surface area contributed by atoms with Crippen LogP contribution in [0, 0.1) is 0 Å². The fourth-order valence-electron chi connectivity index (χ4n) is 1.29. The van der Waals surface area contributed by atoms with Crippen molar-refractivity contribution in [1.29, 1.82) is 0 Å². The lowest BCUT2D eigenvalue weighted by molar-refractivity contribution is 0.0681. The van der Waals surface area contributed by atoms with Crippen LogP contribution in [0.2, 0.25) is 0 Å². The van der Waals surface area contributed by atoms with Gasteiger partial charge in [-0.3, -0.25) is 0 Å². The Kier molecular flexibility index (Phi) is 10.7. The molecule has 1 aromatic rings. The van der Waals surface area contributed by atoms with E-state index >= 15 is 0 Å². The summed E-state index contributed by atoms with van der Waals surface area (Å²) >= 11 is 0. The number of carbonyl (C=O) groups is 2. The smallest absolute Gasteiger partial charge is 0.335 e. The number of hydrogen-bond donors (Lipinski definition) is 5. The van der Waals surface area contributed by atoms with Crippen molar-refractivity contribution in [3.8, 4) is 0 Å².